The topological polar surface area (TPSA) is 31.6 Å². The van der Waals surface area contributed by atoms with E-state index < -0.39 is 0 Å². The quantitative estimate of drug-likeness (QED) is 0.763. The number of aromatic nitrogens is 2. The molecule has 1 aliphatic carbocycles. The molecule has 1 heterocycles. The van der Waals surface area contributed by atoms with E-state index in [4.69, 9.17) is 12.2 Å². The Bertz CT molecular complexity index is 709. The van der Waals surface area contributed by atoms with Crippen molar-refractivity contribution in [3.8, 4) is 0 Å². The molecule has 2 nitrogen and oxygen atoms in total. The standard InChI is InChI=1S/C17H19FN2S/c1-2-11-3-4-13(9-15-10-19-17(21)20-15)16(11)12-5-7-14(18)8-6-12/h5-8,10,13H,2-4,9H2,1H3,(H2,19,20,21). The van der Waals surface area contributed by atoms with Crippen LogP contribution in [0.2, 0.25) is 0 Å². The number of halogens is 1. The van der Waals surface area contributed by atoms with Gasteiger partial charge in [-0.15, -0.1) is 0 Å². The van der Waals surface area contributed by atoms with E-state index in [0.29, 0.717) is 10.7 Å². The summed E-state index contributed by atoms with van der Waals surface area (Å²) in [6.07, 6.45) is 6.25. The van der Waals surface area contributed by atoms with Crippen molar-refractivity contribution in [1.82, 2.24) is 9.97 Å². The highest BCUT2D eigenvalue weighted by Crippen LogP contribution is 2.41. The van der Waals surface area contributed by atoms with E-state index in [9.17, 15) is 4.39 Å². The number of hydrogen-bond donors (Lipinski definition) is 2. The van der Waals surface area contributed by atoms with E-state index in [1.54, 1.807) is 12.1 Å². The molecule has 1 aliphatic rings. The van der Waals surface area contributed by atoms with Crippen molar-refractivity contribution in [3.63, 3.8) is 0 Å². The fourth-order valence-corrected chi connectivity index (χ4v) is 3.49. The monoisotopic (exact) mass is 302 g/mol. The fourth-order valence-electron chi connectivity index (χ4n) is 3.30. The molecular weight excluding hydrogens is 283 g/mol. The Labute approximate surface area is 129 Å². The Hall–Kier alpha value is -1.68. The van der Waals surface area contributed by atoms with E-state index in [2.05, 4.69) is 16.9 Å². The van der Waals surface area contributed by atoms with Crippen LogP contribution >= 0.6 is 12.2 Å². The molecule has 3 rings (SSSR count). The number of imidazole rings is 1. The Balaban J connectivity index is 1.92. The third kappa shape index (κ3) is 3.00. The zero-order valence-corrected chi connectivity index (χ0v) is 12.9. The number of hydrogen-bond acceptors (Lipinski definition) is 1. The summed E-state index contributed by atoms with van der Waals surface area (Å²) >= 11 is 5.09. The number of nitrogens with one attached hydrogen (secondary N) is 2. The average molecular weight is 302 g/mol. The molecule has 0 saturated carbocycles. The zero-order chi connectivity index (χ0) is 14.8. The van der Waals surface area contributed by atoms with Crippen LogP contribution < -0.4 is 0 Å². The number of rotatable bonds is 4. The van der Waals surface area contributed by atoms with Crippen LogP contribution in [0.15, 0.2) is 36.0 Å². The van der Waals surface area contributed by atoms with Gasteiger partial charge in [0, 0.05) is 11.9 Å². The van der Waals surface area contributed by atoms with Gasteiger partial charge in [0.2, 0.25) is 0 Å². The highest BCUT2D eigenvalue weighted by molar-refractivity contribution is 7.71. The maximum atomic E-state index is 13.2. The lowest BCUT2D eigenvalue weighted by Gasteiger charge is -2.15. The maximum absolute atomic E-state index is 13.2. The van der Waals surface area contributed by atoms with E-state index >= 15 is 0 Å². The lowest BCUT2D eigenvalue weighted by Crippen LogP contribution is -2.04. The third-order valence-electron chi connectivity index (χ3n) is 4.28. The molecule has 4 heteroatoms. The van der Waals surface area contributed by atoms with Gasteiger partial charge in [-0.1, -0.05) is 24.6 Å². The minimum Gasteiger partial charge on any atom is -0.337 e. The Morgan fingerprint density at radius 1 is 1.29 bits per heavy atom. The first kappa shape index (κ1) is 14.3. The normalized spacial score (nSPS) is 18.5. The minimum absolute atomic E-state index is 0.179. The Morgan fingerprint density at radius 3 is 2.67 bits per heavy atom. The van der Waals surface area contributed by atoms with Gasteiger partial charge in [-0.2, -0.15) is 0 Å². The van der Waals surface area contributed by atoms with E-state index in [1.807, 2.05) is 18.3 Å². The number of aromatic amines is 2. The van der Waals surface area contributed by atoms with Crippen LogP contribution in [0.4, 0.5) is 4.39 Å². The first-order valence-electron chi connectivity index (χ1n) is 7.41. The molecule has 0 amide bonds. The van der Waals surface area contributed by atoms with Crippen LogP contribution in [0.3, 0.4) is 0 Å². The molecule has 2 N–H and O–H groups in total. The first-order valence-corrected chi connectivity index (χ1v) is 7.82. The van der Waals surface area contributed by atoms with Gasteiger partial charge < -0.3 is 9.97 Å². The molecule has 0 radical (unpaired) electrons. The van der Waals surface area contributed by atoms with Crippen molar-refractivity contribution >= 4 is 17.8 Å². The fraction of sp³-hybridized carbons (Fsp3) is 0.353. The van der Waals surface area contributed by atoms with Crippen LogP contribution in [0, 0.1) is 16.5 Å². The molecule has 21 heavy (non-hydrogen) atoms. The van der Waals surface area contributed by atoms with Gasteiger partial charge in [0.05, 0.1) is 0 Å². The molecule has 0 fully saturated rings. The zero-order valence-electron chi connectivity index (χ0n) is 12.1. The van der Waals surface area contributed by atoms with Crippen molar-refractivity contribution < 1.29 is 4.39 Å². The van der Waals surface area contributed by atoms with Gasteiger partial charge in [0.25, 0.3) is 0 Å². The Morgan fingerprint density at radius 2 is 2.05 bits per heavy atom. The van der Waals surface area contributed by atoms with Gasteiger partial charge in [-0.05, 0) is 67.1 Å². The maximum Gasteiger partial charge on any atom is 0.174 e. The van der Waals surface area contributed by atoms with Crippen molar-refractivity contribution in [3.05, 3.63) is 57.9 Å². The summed E-state index contributed by atoms with van der Waals surface area (Å²) in [6.45, 7) is 2.20. The van der Waals surface area contributed by atoms with Gasteiger partial charge >= 0.3 is 0 Å². The molecule has 0 aliphatic heterocycles. The van der Waals surface area contributed by atoms with Crippen LogP contribution in [-0.2, 0) is 6.42 Å². The van der Waals surface area contributed by atoms with Crippen molar-refractivity contribution in [2.75, 3.05) is 0 Å². The minimum atomic E-state index is -0.179. The van der Waals surface area contributed by atoms with E-state index in [-0.39, 0.29) is 5.82 Å². The molecular formula is C17H19FN2S. The van der Waals surface area contributed by atoms with E-state index in [1.165, 1.54) is 11.1 Å². The molecule has 2 aromatic rings. The van der Waals surface area contributed by atoms with E-state index in [0.717, 1.165) is 36.9 Å². The number of H-pyrrole nitrogens is 2. The molecule has 0 bridgehead atoms. The van der Waals surface area contributed by atoms with Gasteiger partial charge in [0.1, 0.15) is 5.82 Å². The van der Waals surface area contributed by atoms with Gasteiger partial charge in [-0.25, -0.2) is 4.39 Å². The van der Waals surface area contributed by atoms with Crippen molar-refractivity contribution in [2.45, 2.75) is 32.6 Å². The molecule has 1 aromatic heterocycles. The van der Waals surface area contributed by atoms with Gasteiger partial charge in [0.15, 0.2) is 4.77 Å². The molecule has 1 atom stereocenters. The number of benzene rings is 1. The molecule has 110 valence electrons. The van der Waals surface area contributed by atoms with Crippen molar-refractivity contribution in [1.29, 1.82) is 0 Å². The lowest BCUT2D eigenvalue weighted by molar-refractivity contribution is 0.624. The summed E-state index contributed by atoms with van der Waals surface area (Å²) in [7, 11) is 0. The van der Waals surface area contributed by atoms with Gasteiger partial charge in [-0.3, -0.25) is 0 Å². The predicted molar refractivity (Wildman–Crippen MR) is 86.0 cm³/mol. The largest absolute Gasteiger partial charge is 0.337 e. The average Bonchev–Trinajstić information content (AvgIpc) is 3.07. The molecule has 0 spiro atoms. The summed E-state index contributed by atoms with van der Waals surface area (Å²) in [5, 5.41) is 0. The smallest absolute Gasteiger partial charge is 0.174 e. The predicted octanol–water partition coefficient (Wildman–Crippen LogP) is 5.03. The lowest BCUT2D eigenvalue weighted by atomic mass is 9.90. The molecule has 0 saturated heterocycles. The highest BCUT2D eigenvalue weighted by Gasteiger charge is 2.26. The summed E-state index contributed by atoms with van der Waals surface area (Å²) < 4.78 is 13.8. The second-order valence-electron chi connectivity index (χ2n) is 5.59. The second kappa shape index (κ2) is 5.98. The molecule has 1 unspecified atom stereocenters. The summed E-state index contributed by atoms with van der Waals surface area (Å²) in [4.78, 5) is 6.22. The highest BCUT2D eigenvalue weighted by atomic mass is 32.1. The summed E-state index contributed by atoms with van der Waals surface area (Å²) in [5.74, 6) is 0.300. The SMILES string of the molecule is CCC1=C(c2ccc(F)cc2)C(Cc2c[nH]c(=S)[nH]2)CC1. The van der Waals surface area contributed by atoms with Crippen LogP contribution in [0.25, 0.3) is 5.57 Å². The van der Waals surface area contributed by atoms with Crippen LogP contribution in [0.5, 0.6) is 0 Å². The number of allylic oxidation sites excluding steroid dienone is 2. The third-order valence-corrected chi connectivity index (χ3v) is 4.50. The summed E-state index contributed by atoms with van der Waals surface area (Å²) in [5.41, 5.74) is 5.20. The Kier molecular flexibility index (Phi) is 4.06. The summed E-state index contributed by atoms with van der Waals surface area (Å²) in [6, 6.07) is 6.90. The first-order chi connectivity index (χ1) is 10.2. The van der Waals surface area contributed by atoms with Crippen LogP contribution in [0.1, 0.15) is 37.4 Å². The second-order valence-corrected chi connectivity index (χ2v) is 5.99. The molecule has 1 aromatic carbocycles. The van der Waals surface area contributed by atoms with Crippen LogP contribution in [-0.4, -0.2) is 9.97 Å². The van der Waals surface area contributed by atoms with Crippen molar-refractivity contribution in [2.24, 2.45) is 5.92 Å².